The van der Waals surface area contributed by atoms with Gasteiger partial charge in [0.2, 0.25) is 0 Å². The Bertz CT molecular complexity index is 559. The highest BCUT2D eigenvalue weighted by atomic mass is 32.1. The predicted molar refractivity (Wildman–Crippen MR) is 85.6 cm³/mol. The van der Waals surface area contributed by atoms with E-state index in [0.717, 1.165) is 31.3 Å². The van der Waals surface area contributed by atoms with Crippen molar-refractivity contribution in [2.24, 2.45) is 5.73 Å². The molecule has 106 valence electrons. The van der Waals surface area contributed by atoms with Gasteiger partial charge in [0.15, 0.2) is 5.13 Å². The van der Waals surface area contributed by atoms with E-state index in [1.54, 1.807) is 11.3 Å². The highest BCUT2D eigenvalue weighted by Crippen LogP contribution is 2.23. The molecule has 0 unspecified atom stereocenters. The van der Waals surface area contributed by atoms with E-state index in [1.807, 2.05) is 11.6 Å². The van der Waals surface area contributed by atoms with Gasteiger partial charge in [0.05, 0.1) is 0 Å². The molecular formula is C15H20N4S. The van der Waals surface area contributed by atoms with Crippen molar-refractivity contribution in [2.45, 2.75) is 13.5 Å². The van der Waals surface area contributed by atoms with Crippen LogP contribution in [0.2, 0.25) is 0 Å². The molecule has 0 radical (unpaired) electrons. The van der Waals surface area contributed by atoms with Gasteiger partial charge in [-0.3, -0.25) is 0 Å². The maximum atomic E-state index is 5.73. The lowest BCUT2D eigenvalue weighted by atomic mass is 10.1. The molecule has 0 amide bonds. The number of benzene rings is 1. The molecule has 2 aromatic rings. The summed E-state index contributed by atoms with van der Waals surface area (Å²) < 4.78 is 0. The summed E-state index contributed by atoms with van der Waals surface area (Å²) in [5, 5.41) is 3.18. The van der Waals surface area contributed by atoms with E-state index < -0.39 is 0 Å². The fourth-order valence-corrected chi connectivity index (χ4v) is 3.33. The van der Waals surface area contributed by atoms with Crippen LogP contribution in [0.5, 0.6) is 0 Å². The molecule has 1 aromatic heterocycles. The van der Waals surface area contributed by atoms with E-state index in [2.05, 4.69) is 39.9 Å². The summed E-state index contributed by atoms with van der Waals surface area (Å²) in [5.41, 5.74) is 9.55. The van der Waals surface area contributed by atoms with Crippen LogP contribution in [0.1, 0.15) is 11.1 Å². The number of rotatable bonds is 3. The Balaban J connectivity index is 1.67. The number of anilines is 2. The third-order valence-corrected chi connectivity index (χ3v) is 4.71. The maximum Gasteiger partial charge on any atom is 0.185 e. The first-order valence-corrected chi connectivity index (χ1v) is 7.85. The quantitative estimate of drug-likeness (QED) is 0.941. The second-order valence-corrected chi connectivity index (χ2v) is 5.98. The zero-order valence-corrected chi connectivity index (χ0v) is 12.6. The van der Waals surface area contributed by atoms with E-state index in [-0.39, 0.29) is 0 Å². The van der Waals surface area contributed by atoms with Crippen molar-refractivity contribution < 1.29 is 0 Å². The number of aryl methyl sites for hydroxylation is 1. The van der Waals surface area contributed by atoms with Gasteiger partial charge in [0, 0.05) is 50.0 Å². The van der Waals surface area contributed by atoms with Gasteiger partial charge in [0.25, 0.3) is 0 Å². The minimum absolute atomic E-state index is 0.615. The average molecular weight is 288 g/mol. The number of piperazine rings is 1. The zero-order valence-electron chi connectivity index (χ0n) is 11.7. The third kappa shape index (κ3) is 2.64. The van der Waals surface area contributed by atoms with Gasteiger partial charge in [-0.15, -0.1) is 11.3 Å². The predicted octanol–water partition coefficient (Wildman–Crippen LogP) is 2.24. The Morgan fingerprint density at radius 2 is 1.95 bits per heavy atom. The normalized spacial score (nSPS) is 15.7. The first-order valence-electron chi connectivity index (χ1n) is 6.97. The van der Waals surface area contributed by atoms with Crippen LogP contribution < -0.4 is 15.5 Å². The Labute approximate surface area is 123 Å². The van der Waals surface area contributed by atoms with E-state index in [1.165, 1.54) is 16.8 Å². The fraction of sp³-hybridized carbons (Fsp3) is 0.400. The molecule has 1 saturated heterocycles. The van der Waals surface area contributed by atoms with Crippen LogP contribution in [-0.2, 0) is 6.54 Å². The van der Waals surface area contributed by atoms with Gasteiger partial charge in [-0.1, -0.05) is 6.07 Å². The Kier molecular flexibility index (Phi) is 3.89. The van der Waals surface area contributed by atoms with Crippen molar-refractivity contribution in [3.05, 3.63) is 40.9 Å². The molecule has 0 saturated carbocycles. The van der Waals surface area contributed by atoms with Crippen LogP contribution in [0.3, 0.4) is 0 Å². The summed E-state index contributed by atoms with van der Waals surface area (Å²) >= 11 is 1.72. The number of thiazole rings is 1. The van der Waals surface area contributed by atoms with Crippen LogP contribution in [0.15, 0.2) is 29.8 Å². The lowest BCUT2D eigenvalue weighted by molar-refractivity contribution is 0.652. The molecule has 20 heavy (non-hydrogen) atoms. The van der Waals surface area contributed by atoms with Crippen LogP contribution in [0.4, 0.5) is 10.8 Å². The zero-order chi connectivity index (χ0) is 13.9. The second-order valence-electron chi connectivity index (χ2n) is 5.10. The summed E-state index contributed by atoms with van der Waals surface area (Å²) in [5.74, 6) is 0. The van der Waals surface area contributed by atoms with Crippen LogP contribution >= 0.6 is 11.3 Å². The molecule has 5 heteroatoms. The summed E-state index contributed by atoms with van der Waals surface area (Å²) in [6, 6.07) is 6.59. The van der Waals surface area contributed by atoms with Crippen molar-refractivity contribution in [1.82, 2.24) is 4.98 Å². The molecule has 0 aliphatic carbocycles. The van der Waals surface area contributed by atoms with Gasteiger partial charge < -0.3 is 15.5 Å². The van der Waals surface area contributed by atoms with Crippen molar-refractivity contribution >= 4 is 22.2 Å². The van der Waals surface area contributed by atoms with Crippen molar-refractivity contribution in [3.63, 3.8) is 0 Å². The van der Waals surface area contributed by atoms with Gasteiger partial charge in [0.1, 0.15) is 0 Å². The first kappa shape index (κ1) is 13.4. The highest BCUT2D eigenvalue weighted by molar-refractivity contribution is 7.13. The molecule has 3 rings (SSSR count). The molecular weight excluding hydrogens is 268 g/mol. The van der Waals surface area contributed by atoms with Crippen molar-refractivity contribution in [3.8, 4) is 0 Å². The molecule has 0 atom stereocenters. The third-order valence-electron chi connectivity index (χ3n) is 3.88. The Morgan fingerprint density at radius 1 is 1.20 bits per heavy atom. The summed E-state index contributed by atoms with van der Waals surface area (Å²) in [7, 11) is 0. The maximum absolute atomic E-state index is 5.73. The van der Waals surface area contributed by atoms with Crippen LogP contribution in [0.25, 0.3) is 0 Å². The minimum atomic E-state index is 0.615. The molecule has 0 spiro atoms. The lowest BCUT2D eigenvalue weighted by Crippen LogP contribution is -2.46. The van der Waals surface area contributed by atoms with Gasteiger partial charge >= 0.3 is 0 Å². The summed E-state index contributed by atoms with van der Waals surface area (Å²) in [4.78, 5) is 9.19. The molecule has 1 aromatic carbocycles. The van der Waals surface area contributed by atoms with Crippen molar-refractivity contribution in [1.29, 1.82) is 0 Å². The van der Waals surface area contributed by atoms with E-state index in [4.69, 9.17) is 5.73 Å². The molecule has 1 aliphatic heterocycles. The minimum Gasteiger partial charge on any atom is -0.368 e. The van der Waals surface area contributed by atoms with E-state index in [0.29, 0.717) is 6.54 Å². The number of aromatic nitrogens is 1. The molecule has 4 nitrogen and oxygen atoms in total. The van der Waals surface area contributed by atoms with Crippen molar-refractivity contribution in [2.75, 3.05) is 36.0 Å². The molecule has 1 fully saturated rings. The molecule has 2 heterocycles. The Morgan fingerprint density at radius 3 is 2.55 bits per heavy atom. The number of nitrogens with zero attached hydrogens (tertiary/aromatic N) is 3. The van der Waals surface area contributed by atoms with Crippen LogP contribution in [-0.4, -0.2) is 31.2 Å². The van der Waals surface area contributed by atoms with E-state index in [9.17, 15) is 0 Å². The first-order chi connectivity index (χ1) is 9.78. The fourth-order valence-electron chi connectivity index (χ4n) is 2.63. The number of nitrogens with two attached hydrogens (primary N) is 1. The highest BCUT2D eigenvalue weighted by Gasteiger charge is 2.19. The molecule has 0 bridgehead atoms. The smallest absolute Gasteiger partial charge is 0.185 e. The number of hydrogen-bond acceptors (Lipinski definition) is 5. The van der Waals surface area contributed by atoms with Crippen LogP contribution in [0, 0.1) is 6.92 Å². The molecule has 2 N–H and O–H groups in total. The number of hydrogen-bond donors (Lipinski definition) is 1. The lowest BCUT2D eigenvalue weighted by Gasteiger charge is -2.36. The second kappa shape index (κ2) is 5.81. The largest absolute Gasteiger partial charge is 0.368 e. The van der Waals surface area contributed by atoms with E-state index >= 15 is 0 Å². The Hall–Kier alpha value is -1.59. The van der Waals surface area contributed by atoms with Gasteiger partial charge in [-0.05, 0) is 30.2 Å². The SMILES string of the molecule is Cc1cc(N2CCN(c3nccs3)CC2)ccc1CN. The van der Waals surface area contributed by atoms with Gasteiger partial charge in [-0.25, -0.2) is 4.98 Å². The van der Waals surface area contributed by atoms with Gasteiger partial charge in [-0.2, -0.15) is 0 Å². The average Bonchev–Trinajstić information content (AvgIpc) is 3.01. The molecule has 1 aliphatic rings. The monoisotopic (exact) mass is 288 g/mol. The summed E-state index contributed by atoms with van der Waals surface area (Å²) in [6.07, 6.45) is 1.88. The summed E-state index contributed by atoms with van der Waals surface area (Å²) in [6.45, 7) is 6.90. The standard InChI is InChI=1S/C15H20N4S/c1-12-10-14(3-2-13(12)11-16)18-5-7-19(8-6-18)15-17-4-9-20-15/h2-4,9-10H,5-8,11,16H2,1H3. The topological polar surface area (TPSA) is 45.4 Å².